The predicted octanol–water partition coefficient (Wildman–Crippen LogP) is 5.45. The molecule has 1 spiro atoms. The van der Waals surface area contributed by atoms with Gasteiger partial charge in [0.25, 0.3) is 0 Å². The van der Waals surface area contributed by atoms with E-state index in [9.17, 15) is 9.59 Å². The fraction of sp³-hybridized carbons (Fsp3) is 0.357. The lowest BCUT2D eigenvalue weighted by molar-refractivity contribution is -0.124. The summed E-state index contributed by atoms with van der Waals surface area (Å²) in [6, 6.07) is 15.9. The first-order chi connectivity index (χ1) is 16.5. The number of anilines is 1. The quantitative estimate of drug-likeness (QED) is 0.364. The number of hydrogen-bond donors (Lipinski definition) is 3. The van der Waals surface area contributed by atoms with Crippen molar-refractivity contribution in [3.05, 3.63) is 76.9 Å². The van der Waals surface area contributed by atoms with Crippen LogP contribution in [0.15, 0.2) is 71.4 Å². The van der Waals surface area contributed by atoms with Crippen molar-refractivity contribution < 1.29 is 9.59 Å². The molecule has 2 fully saturated rings. The van der Waals surface area contributed by atoms with Gasteiger partial charge in [-0.05, 0) is 78.3 Å². The van der Waals surface area contributed by atoms with Crippen LogP contribution in [0.5, 0.6) is 0 Å². The van der Waals surface area contributed by atoms with Crippen molar-refractivity contribution in [2.45, 2.75) is 25.7 Å². The summed E-state index contributed by atoms with van der Waals surface area (Å²) in [6.45, 7) is 0.554. The van der Waals surface area contributed by atoms with Gasteiger partial charge in [-0.2, -0.15) is 0 Å². The molecule has 3 aromatic rings. The summed E-state index contributed by atoms with van der Waals surface area (Å²) in [6.07, 6.45) is 10.1. The zero-order chi connectivity index (χ0) is 23.3. The number of aryl methyl sites for hydroxylation is 1. The van der Waals surface area contributed by atoms with Gasteiger partial charge in [-0.1, -0.05) is 46.3 Å². The second-order valence-electron chi connectivity index (χ2n) is 10.0. The molecule has 4 atom stereocenters. The number of para-hydroxylation sites is 1. The lowest BCUT2D eigenvalue weighted by Crippen LogP contribution is -2.39. The number of nitrogens with one attached hydrogen (secondary N) is 3. The van der Waals surface area contributed by atoms with E-state index in [0.717, 1.165) is 21.2 Å². The van der Waals surface area contributed by atoms with Crippen LogP contribution in [-0.4, -0.2) is 23.3 Å². The Bertz CT molecular complexity index is 1270. The molecule has 3 N–H and O–H groups in total. The number of hydrogen-bond acceptors (Lipinski definition) is 2. The van der Waals surface area contributed by atoms with Crippen molar-refractivity contribution in [1.82, 2.24) is 10.3 Å². The lowest BCUT2D eigenvalue weighted by atomic mass is 9.82. The smallest absolute Gasteiger partial charge is 0.228 e. The molecule has 3 aliphatic rings. The van der Waals surface area contributed by atoms with Crippen LogP contribution in [0.2, 0.25) is 0 Å². The zero-order valence-corrected chi connectivity index (χ0v) is 20.5. The molecule has 2 bridgehead atoms. The molecule has 5 nitrogen and oxygen atoms in total. The third kappa shape index (κ3) is 3.68. The van der Waals surface area contributed by atoms with Crippen molar-refractivity contribution in [3.8, 4) is 0 Å². The fourth-order valence-corrected chi connectivity index (χ4v) is 6.73. The average Bonchev–Trinajstić information content (AvgIpc) is 3.33. The first-order valence-corrected chi connectivity index (χ1v) is 12.9. The molecule has 0 unspecified atom stereocenters. The summed E-state index contributed by atoms with van der Waals surface area (Å²) in [4.78, 5) is 29.4. The van der Waals surface area contributed by atoms with E-state index in [1.807, 2.05) is 42.6 Å². The molecule has 0 saturated heterocycles. The highest BCUT2D eigenvalue weighted by Gasteiger charge is 2.68. The zero-order valence-electron chi connectivity index (χ0n) is 18.9. The number of aromatic amines is 1. The van der Waals surface area contributed by atoms with Crippen molar-refractivity contribution in [2.24, 2.45) is 29.1 Å². The first kappa shape index (κ1) is 21.7. The van der Waals surface area contributed by atoms with Gasteiger partial charge in [0, 0.05) is 40.2 Å². The molecule has 0 radical (unpaired) electrons. The summed E-state index contributed by atoms with van der Waals surface area (Å²) >= 11 is 3.44. The van der Waals surface area contributed by atoms with Crippen molar-refractivity contribution in [3.63, 3.8) is 0 Å². The molecule has 34 heavy (non-hydrogen) atoms. The summed E-state index contributed by atoms with van der Waals surface area (Å²) in [5.74, 6) is 0.825. The number of H-pyrrole nitrogens is 1. The standard InChI is InChI=1S/C28H28BrN3O2/c29-18-6-8-19(9-7-18)32-27(34)26-21(22-10-11-23(26)28(22)13-14-28)16-31-25(33)12-5-17-15-30-24-4-2-1-3-20(17)24/h1-4,6-11,15,21-23,26,30H,5,12-14,16H2,(H,31,33)(H,32,34)/t21-,22-,23+,26+/m1/s1. The molecule has 1 heterocycles. The molecule has 6 rings (SSSR count). The van der Waals surface area contributed by atoms with E-state index < -0.39 is 0 Å². The third-order valence-corrected chi connectivity index (χ3v) is 8.76. The van der Waals surface area contributed by atoms with Crippen LogP contribution >= 0.6 is 15.9 Å². The van der Waals surface area contributed by atoms with Crippen molar-refractivity contribution in [2.75, 3.05) is 11.9 Å². The highest BCUT2D eigenvalue weighted by molar-refractivity contribution is 9.10. The Morgan fingerprint density at radius 1 is 1.03 bits per heavy atom. The van der Waals surface area contributed by atoms with Gasteiger partial charge in [-0.15, -0.1) is 0 Å². The van der Waals surface area contributed by atoms with Gasteiger partial charge in [0.2, 0.25) is 11.8 Å². The van der Waals surface area contributed by atoms with Gasteiger partial charge in [0.05, 0.1) is 5.92 Å². The number of halogens is 1. The number of fused-ring (bicyclic) bond motifs is 1. The van der Waals surface area contributed by atoms with Crippen molar-refractivity contribution in [1.29, 1.82) is 0 Å². The molecule has 174 valence electrons. The molecule has 0 aliphatic heterocycles. The van der Waals surface area contributed by atoms with Crippen LogP contribution in [0.1, 0.15) is 24.8 Å². The predicted molar refractivity (Wildman–Crippen MR) is 137 cm³/mol. The highest BCUT2D eigenvalue weighted by atomic mass is 79.9. The van der Waals surface area contributed by atoms with Crippen LogP contribution in [0, 0.1) is 29.1 Å². The second kappa shape index (κ2) is 8.42. The molecule has 1 aromatic heterocycles. The van der Waals surface area contributed by atoms with Gasteiger partial charge in [-0.3, -0.25) is 9.59 Å². The maximum Gasteiger partial charge on any atom is 0.228 e. The van der Waals surface area contributed by atoms with E-state index in [0.29, 0.717) is 25.3 Å². The number of allylic oxidation sites excluding steroid dienone is 2. The number of carbonyl (C=O) groups is 2. The Labute approximate surface area is 207 Å². The van der Waals surface area contributed by atoms with Crippen LogP contribution in [-0.2, 0) is 16.0 Å². The van der Waals surface area contributed by atoms with E-state index in [1.54, 1.807) is 0 Å². The number of carbonyl (C=O) groups excluding carboxylic acids is 2. The second-order valence-corrected chi connectivity index (χ2v) is 10.9. The Balaban J connectivity index is 1.11. The number of benzene rings is 2. The summed E-state index contributed by atoms with van der Waals surface area (Å²) in [7, 11) is 0. The van der Waals surface area contributed by atoms with E-state index >= 15 is 0 Å². The van der Waals surface area contributed by atoms with Crippen LogP contribution in [0.4, 0.5) is 5.69 Å². The summed E-state index contributed by atoms with van der Waals surface area (Å²) in [5, 5.41) is 7.48. The normalized spacial score (nSPS) is 25.7. The van der Waals surface area contributed by atoms with Crippen LogP contribution in [0.25, 0.3) is 10.9 Å². The summed E-state index contributed by atoms with van der Waals surface area (Å²) < 4.78 is 0.985. The monoisotopic (exact) mass is 517 g/mol. The van der Waals surface area contributed by atoms with Gasteiger partial charge in [0.15, 0.2) is 0 Å². The van der Waals surface area contributed by atoms with Crippen molar-refractivity contribution >= 4 is 44.3 Å². The Hall–Kier alpha value is -2.86. The molecule has 2 amide bonds. The highest BCUT2D eigenvalue weighted by Crippen LogP contribution is 2.71. The SMILES string of the molecule is O=C(CCc1c[nH]c2ccccc12)NC[C@H]1[C@H](C(=O)Nc2ccc(Br)cc2)[C@@H]2C=C[C@H]1C21CC1. The van der Waals surface area contributed by atoms with Crippen LogP contribution in [0.3, 0.4) is 0 Å². The fourth-order valence-electron chi connectivity index (χ4n) is 6.47. The van der Waals surface area contributed by atoms with Crippen LogP contribution < -0.4 is 10.6 Å². The third-order valence-electron chi connectivity index (χ3n) is 8.24. The maximum absolute atomic E-state index is 13.4. The summed E-state index contributed by atoms with van der Waals surface area (Å²) in [5.41, 5.74) is 3.32. The molecule has 2 saturated carbocycles. The molecule has 6 heteroatoms. The van der Waals surface area contributed by atoms with Gasteiger partial charge < -0.3 is 15.6 Å². The van der Waals surface area contributed by atoms with E-state index in [-0.39, 0.29) is 35.0 Å². The number of aromatic nitrogens is 1. The van der Waals surface area contributed by atoms with Gasteiger partial charge in [0.1, 0.15) is 0 Å². The molecular formula is C28H28BrN3O2. The van der Waals surface area contributed by atoms with E-state index in [2.05, 4.69) is 55.8 Å². The van der Waals surface area contributed by atoms with E-state index in [1.165, 1.54) is 18.2 Å². The number of amides is 2. The molecule has 2 aromatic carbocycles. The Morgan fingerprint density at radius 2 is 1.79 bits per heavy atom. The largest absolute Gasteiger partial charge is 0.361 e. The lowest BCUT2D eigenvalue weighted by Gasteiger charge is -2.27. The first-order valence-electron chi connectivity index (χ1n) is 12.1. The number of rotatable bonds is 7. The van der Waals surface area contributed by atoms with Gasteiger partial charge >= 0.3 is 0 Å². The van der Waals surface area contributed by atoms with Gasteiger partial charge in [-0.25, -0.2) is 0 Å². The Morgan fingerprint density at radius 3 is 2.59 bits per heavy atom. The minimum atomic E-state index is -0.102. The average molecular weight is 518 g/mol. The topological polar surface area (TPSA) is 74.0 Å². The molecular weight excluding hydrogens is 490 g/mol. The molecule has 3 aliphatic carbocycles. The van der Waals surface area contributed by atoms with E-state index in [4.69, 9.17) is 0 Å². The minimum Gasteiger partial charge on any atom is -0.361 e. The maximum atomic E-state index is 13.4. The minimum absolute atomic E-state index is 0.0500. The Kier molecular flexibility index (Phi) is 5.36.